The first-order chi connectivity index (χ1) is 7.91. The van der Waals surface area contributed by atoms with Gasteiger partial charge in [-0.2, -0.15) is 0 Å². The first-order valence-electron chi connectivity index (χ1n) is 6.93. The molecular weight excluding hydrogens is 212 g/mol. The highest BCUT2D eigenvalue weighted by molar-refractivity contribution is 5.88. The molecule has 0 aromatic carbocycles. The summed E-state index contributed by atoms with van der Waals surface area (Å²) in [6.45, 7) is 12.7. The smallest absolute Gasteiger partial charge is 0.156 e. The Morgan fingerprint density at radius 3 is 2.06 bits per heavy atom. The first-order valence-corrected chi connectivity index (χ1v) is 6.93. The molecule has 3 nitrogen and oxygen atoms in total. The Morgan fingerprint density at radius 1 is 1.18 bits per heavy atom. The molecule has 0 amide bonds. The van der Waals surface area contributed by atoms with Crippen LogP contribution in [0.15, 0.2) is 0 Å². The van der Waals surface area contributed by atoms with E-state index >= 15 is 0 Å². The zero-order valence-corrected chi connectivity index (χ0v) is 12.3. The maximum Gasteiger partial charge on any atom is 0.156 e. The van der Waals surface area contributed by atoms with Gasteiger partial charge in [0.2, 0.25) is 0 Å². The average Bonchev–Trinajstić information content (AvgIpc) is 2.30. The minimum atomic E-state index is -0.317. The van der Waals surface area contributed by atoms with E-state index < -0.39 is 0 Å². The molecule has 1 atom stereocenters. The second kappa shape index (κ2) is 7.83. The van der Waals surface area contributed by atoms with E-state index in [4.69, 9.17) is 5.73 Å². The van der Waals surface area contributed by atoms with Gasteiger partial charge in [-0.05, 0) is 25.9 Å². The average molecular weight is 242 g/mol. The van der Waals surface area contributed by atoms with E-state index in [2.05, 4.69) is 4.90 Å². The molecule has 2 N–H and O–H groups in total. The Kier molecular flexibility index (Phi) is 7.64. The molecule has 1 heterocycles. The van der Waals surface area contributed by atoms with Crippen molar-refractivity contribution in [2.75, 3.05) is 19.6 Å². The number of rotatable bonds is 3. The molecule has 1 aliphatic heterocycles. The minimum Gasteiger partial charge on any atom is -0.320 e. The fourth-order valence-corrected chi connectivity index (χ4v) is 2.06. The summed E-state index contributed by atoms with van der Waals surface area (Å²) in [7, 11) is 0. The highest BCUT2D eigenvalue weighted by Gasteiger charge is 2.28. The Bertz CT molecular complexity index is 215. The summed E-state index contributed by atoms with van der Waals surface area (Å²) in [4.78, 5) is 14.2. The Labute approximate surface area is 107 Å². The van der Waals surface area contributed by atoms with Crippen LogP contribution in [0, 0.1) is 5.41 Å². The number of nitrogens with zero attached hydrogens (tertiary/aromatic N) is 1. The molecule has 0 spiro atoms. The third-order valence-electron chi connectivity index (χ3n) is 2.98. The number of carbonyl (C=O) groups excluding carboxylic acids is 1. The van der Waals surface area contributed by atoms with Crippen LogP contribution in [0.25, 0.3) is 0 Å². The van der Waals surface area contributed by atoms with Crippen molar-refractivity contribution in [1.29, 1.82) is 0 Å². The van der Waals surface area contributed by atoms with Gasteiger partial charge in [0, 0.05) is 12.0 Å². The van der Waals surface area contributed by atoms with E-state index in [0.717, 1.165) is 19.6 Å². The third-order valence-corrected chi connectivity index (χ3v) is 2.98. The molecule has 0 radical (unpaired) electrons. The number of Topliss-reactive ketones (excluding diaryl/α,β-unsaturated/α-hetero) is 1. The van der Waals surface area contributed by atoms with Gasteiger partial charge in [0.1, 0.15) is 0 Å². The summed E-state index contributed by atoms with van der Waals surface area (Å²) in [5.74, 6) is 0.174. The summed E-state index contributed by atoms with van der Waals surface area (Å²) in [6.07, 6.45) is 3.81. The van der Waals surface area contributed by atoms with Gasteiger partial charge in [-0.15, -0.1) is 0 Å². The number of carbonyl (C=O) groups is 1. The lowest BCUT2D eigenvalue weighted by Gasteiger charge is -2.30. The van der Waals surface area contributed by atoms with Crippen molar-refractivity contribution in [3.05, 3.63) is 0 Å². The van der Waals surface area contributed by atoms with Crippen LogP contribution in [0.1, 0.15) is 53.9 Å². The fourth-order valence-electron chi connectivity index (χ4n) is 2.06. The molecule has 0 bridgehead atoms. The summed E-state index contributed by atoms with van der Waals surface area (Å²) in [6, 6.07) is -0.317. The van der Waals surface area contributed by atoms with Crippen LogP contribution < -0.4 is 5.73 Å². The lowest BCUT2D eigenvalue weighted by Crippen LogP contribution is -2.48. The highest BCUT2D eigenvalue weighted by atomic mass is 16.1. The molecule has 0 aromatic rings. The maximum absolute atomic E-state index is 11.9. The number of hydrogen-bond donors (Lipinski definition) is 1. The van der Waals surface area contributed by atoms with Crippen molar-refractivity contribution in [1.82, 2.24) is 4.90 Å². The van der Waals surface area contributed by atoms with Crippen molar-refractivity contribution in [3.63, 3.8) is 0 Å². The minimum absolute atomic E-state index is 0.174. The summed E-state index contributed by atoms with van der Waals surface area (Å²) < 4.78 is 0. The zero-order chi connectivity index (χ0) is 13.5. The predicted molar refractivity (Wildman–Crippen MR) is 74.1 cm³/mol. The number of piperidine rings is 1. The quantitative estimate of drug-likeness (QED) is 0.827. The van der Waals surface area contributed by atoms with Crippen molar-refractivity contribution in [2.45, 2.75) is 59.9 Å². The predicted octanol–water partition coefficient (Wildman–Crippen LogP) is 2.44. The number of ketones is 1. The molecule has 0 aromatic heterocycles. The van der Waals surface area contributed by atoms with Crippen LogP contribution in [0.4, 0.5) is 0 Å². The van der Waals surface area contributed by atoms with Crippen molar-refractivity contribution < 1.29 is 4.79 Å². The number of nitrogens with two attached hydrogens (primary N) is 1. The van der Waals surface area contributed by atoms with Crippen molar-refractivity contribution in [2.24, 2.45) is 11.1 Å². The largest absolute Gasteiger partial charge is 0.320 e. The Hall–Kier alpha value is -0.410. The van der Waals surface area contributed by atoms with E-state index in [-0.39, 0.29) is 17.2 Å². The standard InChI is InChI=1S/C12H24N2O.C2H6/c1-12(2,3)11(15)10(13)9-14-7-5-4-6-8-14;1-2/h10H,4-9,13H2,1-3H3;1-2H3. The Morgan fingerprint density at radius 2 is 1.65 bits per heavy atom. The zero-order valence-electron chi connectivity index (χ0n) is 12.3. The van der Waals surface area contributed by atoms with Gasteiger partial charge in [0.15, 0.2) is 5.78 Å². The van der Waals surface area contributed by atoms with Crippen LogP contribution in [-0.2, 0) is 4.79 Å². The molecule has 17 heavy (non-hydrogen) atoms. The van der Waals surface area contributed by atoms with E-state index in [1.165, 1.54) is 19.3 Å². The third kappa shape index (κ3) is 6.18. The van der Waals surface area contributed by atoms with Crippen LogP contribution in [-0.4, -0.2) is 36.4 Å². The maximum atomic E-state index is 11.9. The van der Waals surface area contributed by atoms with Crippen LogP contribution >= 0.6 is 0 Å². The van der Waals surface area contributed by atoms with Crippen LogP contribution in [0.2, 0.25) is 0 Å². The monoisotopic (exact) mass is 242 g/mol. The first kappa shape index (κ1) is 16.6. The lowest BCUT2D eigenvalue weighted by atomic mass is 9.86. The molecule has 0 saturated carbocycles. The number of hydrogen-bond acceptors (Lipinski definition) is 3. The molecule has 1 fully saturated rings. The topological polar surface area (TPSA) is 46.3 Å². The van der Waals surface area contributed by atoms with Gasteiger partial charge in [-0.25, -0.2) is 0 Å². The number of likely N-dealkylation sites (tertiary alicyclic amines) is 1. The van der Waals surface area contributed by atoms with E-state index in [1.807, 2.05) is 34.6 Å². The molecule has 1 saturated heterocycles. The van der Waals surface area contributed by atoms with Gasteiger partial charge >= 0.3 is 0 Å². The molecule has 0 aliphatic carbocycles. The van der Waals surface area contributed by atoms with Crippen LogP contribution in [0.5, 0.6) is 0 Å². The van der Waals surface area contributed by atoms with Gasteiger partial charge in [-0.3, -0.25) is 4.79 Å². The SMILES string of the molecule is CC.CC(C)(C)C(=O)C(N)CN1CCCCC1. The second-order valence-electron chi connectivity index (χ2n) is 5.58. The second-order valence-corrected chi connectivity index (χ2v) is 5.58. The van der Waals surface area contributed by atoms with E-state index in [0.29, 0.717) is 0 Å². The van der Waals surface area contributed by atoms with Gasteiger partial charge in [0.05, 0.1) is 6.04 Å². The summed E-state index contributed by atoms with van der Waals surface area (Å²) >= 11 is 0. The molecule has 1 rings (SSSR count). The summed E-state index contributed by atoms with van der Waals surface area (Å²) in [5.41, 5.74) is 5.63. The van der Waals surface area contributed by atoms with Gasteiger partial charge in [-0.1, -0.05) is 41.0 Å². The van der Waals surface area contributed by atoms with Crippen molar-refractivity contribution in [3.8, 4) is 0 Å². The van der Waals surface area contributed by atoms with Crippen LogP contribution in [0.3, 0.4) is 0 Å². The van der Waals surface area contributed by atoms with Crippen molar-refractivity contribution >= 4 is 5.78 Å². The molecular formula is C14H30N2O. The molecule has 1 unspecified atom stereocenters. The van der Waals surface area contributed by atoms with E-state index in [9.17, 15) is 4.79 Å². The van der Waals surface area contributed by atoms with Gasteiger partial charge < -0.3 is 10.6 Å². The molecule has 102 valence electrons. The summed E-state index contributed by atoms with van der Waals surface area (Å²) in [5, 5.41) is 0. The molecule has 3 heteroatoms. The Balaban J connectivity index is 0.00000121. The normalized spacial score (nSPS) is 19.2. The van der Waals surface area contributed by atoms with Gasteiger partial charge in [0.25, 0.3) is 0 Å². The highest BCUT2D eigenvalue weighted by Crippen LogP contribution is 2.17. The lowest BCUT2D eigenvalue weighted by molar-refractivity contribution is -0.128. The van der Waals surface area contributed by atoms with E-state index in [1.54, 1.807) is 0 Å². The fraction of sp³-hybridized carbons (Fsp3) is 0.929. The molecule has 1 aliphatic rings.